The molecule has 348 valence electrons. The highest BCUT2D eigenvalue weighted by molar-refractivity contribution is 6.31. The van der Waals surface area contributed by atoms with Crippen molar-refractivity contribution in [1.82, 2.24) is 9.80 Å². The molecular formula is C56H64Cl2N2O6. The Balaban J connectivity index is 0.000000247. The van der Waals surface area contributed by atoms with E-state index in [1.807, 2.05) is 159 Å². The van der Waals surface area contributed by atoms with Gasteiger partial charge in [-0.3, -0.25) is 4.90 Å². The number of halogens is 2. The minimum absolute atomic E-state index is 0.600. The van der Waals surface area contributed by atoms with Crippen molar-refractivity contribution >= 4 is 56.7 Å². The van der Waals surface area contributed by atoms with E-state index in [1.165, 1.54) is 5.56 Å². The van der Waals surface area contributed by atoms with Crippen molar-refractivity contribution in [2.24, 2.45) is 0 Å². The fraction of sp³-hybridized carbons (Fsp3) is 0.357. The summed E-state index contributed by atoms with van der Waals surface area (Å²) in [5.74, 6) is 4.50. The van der Waals surface area contributed by atoms with Crippen molar-refractivity contribution < 1.29 is 29.3 Å². The number of carbonyl (C=O) groups is 2. The largest absolute Gasteiger partial charge is 0.479 e. The minimum atomic E-state index is -1.16. The van der Waals surface area contributed by atoms with Crippen LogP contribution in [0.1, 0.15) is 93.6 Å². The van der Waals surface area contributed by atoms with Gasteiger partial charge >= 0.3 is 11.9 Å². The minimum Gasteiger partial charge on any atom is -0.479 e. The Morgan fingerprint density at radius 1 is 0.606 bits per heavy atom. The number of nitrogens with zero attached hydrogens (tertiary/aromatic N) is 2. The molecule has 0 spiro atoms. The summed E-state index contributed by atoms with van der Waals surface area (Å²) in [5.41, 5.74) is 7.39. The first-order valence-corrected chi connectivity index (χ1v) is 22.9. The third kappa shape index (κ3) is 13.0. The number of carboxylic acids is 2. The van der Waals surface area contributed by atoms with Crippen LogP contribution in [0.4, 0.5) is 0 Å². The molecule has 0 fully saturated rings. The third-order valence-electron chi connectivity index (χ3n) is 11.0. The van der Waals surface area contributed by atoms with Crippen LogP contribution in [0.15, 0.2) is 97.1 Å². The standard InChI is InChI=1S/C28H34ClNO3.C28H30ClNO3/c2*1-18-21(12-9-17-30(5)6)22-10-7-8-11-23(22)25(19-13-15-20(29)16-14-19)24(18)26(27(31)32)33-28(2,3)4/h7-8,10-11,13-16,26H,9,12,17H2,1-6H3,(H,31,32);7-8,10-11,13-16,26H,17H2,1-6H3,(H,31,32). The molecule has 8 nitrogen and oxygen atoms in total. The van der Waals surface area contributed by atoms with Crippen LogP contribution in [0.25, 0.3) is 43.8 Å². The lowest BCUT2D eigenvalue weighted by molar-refractivity contribution is -0.161. The predicted molar refractivity (Wildman–Crippen MR) is 273 cm³/mol. The van der Waals surface area contributed by atoms with Crippen molar-refractivity contribution in [1.29, 1.82) is 0 Å². The zero-order valence-corrected chi connectivity index (χ0v) is 41.9. The topological polar surface area (TPSA) is 99.5 Å². The average molecular weight is 932 g/mol. The second-order valence-electron chi connectivity index (χ2n) is 19.1. The lowest BCUT2D eigenvalue weighted by Gasteiger charge is -2.30. The molecule has 0 heterocycles. The Hall–Kier alpha value is -5.24. The van der Waals surface area contributed by atoms with Crippen molar-refractivity contribution in [3.05, 3.63) is 140 Å². The molecule has 0 radical (unpaired) electrons. The first kappa shape index (κ1) is 51.7. The Morgan fingerprint density at radius 3 is 1.42 bits per heavy atom. The summed E-state index contributed by atoms with van der Waals surface area (Å²) in [7, 11) is 8.06. The second kappa shape index (κ2) is 22.0. The van der Waals surface area contributed by atoms with Gasteiger partial charge in [0.1, 0.15) is 0 Å². The van der Waals surface area contributed by atoms with Crippen LogP contribution in [-0.2, 0) is 25.5 Å². The molecule has 2 unspecified atom stereocenters. The monoisotopic (exact) mass is 930 g/mol. The Bertz CT molecular complexity index is 2740. The van der Waals surface area contributed by atoms with Crippen molar-refractivity contribution in [3.63, 3.8) is 0 Å². The van der Waals surface area contributed by atoms with E-state index < -0.39 is 35.3 Å². The molecule has 10 heteroatoms. The summed E-state index contributed by atoms with van der Waals surface area (Å²) in [4.78, 5) is 29.3. The Morgan fingerprint density at radius 2 is 1.02 bits per heavy atom. The lowest BCUT2D eigenvalue weighted by atomic mass is 9.83. The molecule has 0 saturated heterocycles. The zero-order valence-electron chi connectivity index (χ0n) is 40.4. The quantitative estimate of drug-likeness (QED) is 0.111. The Kier molecular flexibility index (Phi) is 17.3. The third-order valence-corrected chi connectivity index (χ3v) is 11.5. The van der Waals surface area contributed by atoms with Gasteiger partial charge in [-0.05, 0) is 188 Å². The molecule has 0 aliphatic rings. The van der Waals surface area contributed by atoms with E-state index in [0.717, 1.165) is 85.4 Å². The number of ether oxygens (including phenoxy) is 2. The molecule has 66 heavy (non-hydrogen) atoms. The highest BCUT2D eigenvalue weighted by atomic mass is 35.5. The number of fused-ring (bicyclic) bond motifs is 2. The normalized spacial score (nSPS) is 12.7. The second-order valence-corrected chi connectivity index (χ2v) is 20.0. The highest BCUT2D eigenvalue weighted by Crippen LogP contribution is 2.45. The molecule has 2 N–H and O–H groups in total. The first-order chi connectivity index (χ1) is 31.0. The van der Waals surface area contributed by atoms with E-state index in [-0.39, 0.29) is 0 Å². The maximum Gasteiger partial charge on any atom is 0.337 e. The van der Waals surface area contributed by atoms with Crippen LogP contribution in [0.3, 0.4) is 0 Å². The van der Waals surface area contributed by atoms with Gasteiger partial charge in [0.05, 0.1) is 17.7 Å². The first-order valence-electron chi connectivity index (χ1n) is 22.2. The predicted octanol–water partition coefficient (Wildman–Crippen LogP) is 13.2. The van der Waals surface area contributed by atoms with Crippen LogP contribution in [0.5, 0.6) is 0 Å². The fourth-order valence-corrected chi connectivity index (χ4v) is 8.53. The summed E-state index contributed by atoms with van der Waals surface area (Å²) in [6, 6.07) is 31.3. The maximum absolute atomic E-state index is 12.6. The van der Waals surface area contributed by atoms with Gasteiger partial charge < -0.3 is 24.6 Å². The van der Waals surface area contributed by atoms with Crippen molar-refractivity contribution in [3.8, 4) is 34.1 Å². The number of aliphatic carboxylic acids is 2. The summed E-state index contributed by atoms with van der Waals surface area (Å²) in [6.07, 6.45) is -0.405. The summed E-state index contributed by atoms with van der Waals surface area (Å²) < 4.78 is 12.3. The van der Waals surface area contributed by atoms with Gasteiger partial charge in [0.2, 0.25) is 0 Å². The van der Waals surface area contributed by atoms with Gasteiger partial charge in [0.15, 0.2) is 12.2 Å². The van der Waals surface area contributed by atoms with Gasteiger partial charge in [-0.25, -0.2) is 9.59 Å². The van der Waals surface area contributed by atoms with Gasteiger partial charge in [0.25, 0.3) is 0 Å². The van der Waals surface area contributed by atoms with E-state index >= 15 is 0 Å². The van der Waals surface area contributed by atoms with Gasteiger partial charge in [-0.2, -0.15) is 0 Å². The number of carboxylic acid groups (broad SMARTS) is 2. The lowest BCUT2D eigenvalue weighted by Crippen LogP contribution is -2.28. The molecule has 0 aromatic heterocycles. The van der Waals surface area contributed by atoms with E-state index in [2.05, 4.69) is 43.0 Å². The maximum atomic E-state index is 12.6. The Labute approximate surface area is 401 Å². The van der Waals surface area contributed by atoms with Gasteiger partial charge in [-0.1, -0.05) is 108 Å². The van der Waals surface area contributed by atoms with Gasteiger partial charge in [-0.15, -0.1) is 0 Å². The summed E-state index contributed by atoms with van der Waals surface area (Å²) in [6.45, 7) is 16.8. The van der Waals surface area contributed by atoms with Crippen LogP contribution in [0.2, 0.25) is 10.0 Å². The van der Waals surface area contributed by atoms with Crippen LogP contribution in [0, 0.1) is 25.7 Å². The number of hydrogen-bond donors (Lipinski definition) is 2. The fourth-order valence-electron chi connectivity index (χ4n) is 8.27. The molecular weight excluding hydrogens is 868 g/mol. The molecule has 6 aromatic rings. The van der Waals surface area contributed by atoms with E-state index in [1.54, 1.807) is 0 Å². The van der Waals surface area contributed by atoms with E-state index in [9.17, 15) is 19.8 Å². The van der Waals surface area contributed by atoms with Crippen LogP contribution < -0.4 is 0 Å². The van der Waals surface area contributed by atoms with Crippen LogP contribution in [-0.4, -0.2) is 84.4 Å². The zero-order chi connectivity index (χ0) is 48.7. The molecule has 2 atom stereocenters. The summed E-state index contributed by atoms with van der Waals surface area (Å²) in [5, 5.41) is 25.9. The number of aryl methyl sites for hydroxylation is 1. The van der Waals surface area contributed by atoms with Gasteiger partial charge in [0, 0.05) is 26.7 Å². The number of hydrogen-bond acceptors (Lipinski definition) is 6. The molecule has 0 aliphatic carbocycles. The van der Waals surface area contributed by atoms with E-state index in [4.69, 9.17) is 32.7 Å². The van der Waals surface area contributed by atoms with E-state index in [0.29, 0.717) is 22.2 Å². The molecule has 0 amide bonds. The molecule has 6 rings (SSSR count). The van der Waals surface area contributed by atoms with Crippen molar-refractivity contribution in [2.45, 2.75) is 91.6 Å². The molecule has 6 aromatic carbocycles. The van der Waals surface area contributed by atoms with Crippen molar-refractivity contribution in [2.75, 3.05) is 41.3 Å². The molecule has 0 saturated carbocycles. The smallest absolute Gasteiger partial charge is 0.337 e. The number of rotatable bonds is 13. The SMILES string of the molecule is Cc1c(C(OC(C)(C)C)C(=O)O)c(-c2ccc(Cl)cc2)c2ccccc2c1C#CCN(C)C.Cc1c(C(OC(C)(C)C)C(=O)O)c(-c2ccc(Cl)cc2)c2ccccc2c1CCCN(C)C. The van der Waals surface area contributed by atoms with Crippen LogP contribution >= 0.6 is 23.2 Å². The number of benzene rings is 6. The molecule has 0 bridgehead atoms. The average Bonchev–Trinajstić information content (AvgIpc) is 3.23. The summed E-state index contributed by atoms with van der Waals surface area (Å²) >= 11 is 12.3. The highest BCUT2D eigenvalue weighted by Gasteiger charge is 2.34. The molecule has 0 aliphatic heterocycles.